The largest absolute Gasteiger partial charge is 0.253 e. The summed E-state index contributed by atoms with van der Waals surface area (Å²) in [7, 11) is 0. The topological polar surface area (TPSA) is 12.4 Å². The van der Waals surface area contributed by atoms with Crippen molar-refractivity contribution in [2.45, 2.75) is 20.3 Å². The van der Waals surface area contributed by atoms with E-state index in [1.54, 1.807) is 0 Å². The second-order valence-corrected chi connectivity index (χ2v) is 3.90. The van der Waals surface area contributed by atoms with Crippen molar-refractivity contribution in [3.05, 3.63) is 48.7 Å². The standard InChI is InChI=1S/C13H17N/c1-10(2)9-12(4)14-13-8-6-5-7-11(13)3/h5-8,10H,3-4,9H2,1-2H3. The molecule has 1 aliphatic rings. The van der Waals surface area contributed by atoms with Gasteiger partial charge in [-0.15, -0.1) is 0 Å². The number of rotatable bonds is 3. The molecule has 0 bridgehead atoms. The Kier molecular flexibility index (Phi) is 3.63. The van der Waals surface area contributed by atoms with E-state index in [0.717, 1.165) is 23.4 Å². The van der Waals surface area contributed by atoms with Crippen molar-refractivity contribution >= 4 is 5.71 Å². The predicted molar refractivity (Wildman–Crippen MR) is 63.5 cm³/mol. The number of nitrogens with zero attached hydrogens (tertiary/aromatic N) is 1. The average molecular weight is 187 g/mol. The van der Waals surface area contributed by atoms with E-state index in [1.807, 2.05) is 24.3 Å². The van der Waals surface area contributed by atoms with Crippen LogP contribution < -0.4 is 0 Å². The highest BCUT2D eigenvalue weighted by Crippen LogP contribution is 2.13. The maximum Gasteiger partial charge on any atom is 0.0699 e. The molecule has 0 unspecified atom stereocenters. The second-order valence-electron chi connectivity index (χ2n) is 3.90. The van der Waals surface area contributed by atoms with Crippen LogP contribution in [-0.2, 0) is 0 Å². The molecule has 0 aromatic rings. The van der Waals surface area contributed by atoms with Gasteiger partial charge in [0.2, 0.25) is 0 Å². The summed E-state index contributed by atoms with van der Waals surface area (Å²) in [5.74, 6) is 0.600. The van der Waals surface area contributed by atoms with Gasteiger partial charge in [0.15, 0.2) is 0 Å². The molecule has 0 aromatic heterocycles. The smallest absolute Gasteiger partial charge is 0.0699 e. The normalized spacial score (nSPS) is 18.2. The Labute approximate surface area is 86.2 Å². The molecule has 1 heteroatoms. The molecule has 0 N–H and O–H groups in total. The van der Waals surface area contributed by atoms with Crippen LogP contribution >= 0.6 is 0 Å². The summed E-state index contributed by atoms with van der Waals surface area (Å²) in [6, 6.07) is 0. The van der Waals surface area contributed by atoms with E-state index in [4.69, 9.17) is 0 Å². The van der Waals surface area contributed by atoms with Crippen LogP contribution in [0, 0.1) is 5.92 Å². The molecule has 0 atom stereocenters. The highest BCUT2D eigenvalue weighted by atomic mass is 14.8. The van der Waals surface area contributed by atoms with Crippen LogP contribution in [0.4, 0.5) is 0 Å². The fraction of sp³-hybridized carbons (Fsp3) is 0.308. The van der Waals surface area contributed by atoms with Gasteiger partial charge >= 0.3 is 0 Å². The van der Waals surface area contributed by atoms with Crippen molar-refractivity contribution in [2.24, 2.45) is 10.9 Å². The zero-order valence-corrected chi connectivity index (χ0v) is 8.96. The molecule has 74 valence electrons. The number of allylic oxidation sites excluding steroid dienone is 6. The highest BCUT2D eigenvalue weighted by Gasteiger charge is 2.03. The molecule has 0 saturated carbocycles. The fourth-order valence-corrected chi connectivity index (χ4v) is 1.31. The average Bonchev–Trinajstić information content (AvgIpc) is 2.07. The van der Waals surface area contributed by atoms with Crippen molar-refractivity contribution in [3.63, 3.8) is 0 Å². The molecule has 1 aliphatic carbocycles. The molecule has 0 aromatic carbocycles. The van der Waals surface area contributed by atoms with Crippen LogP contribution in [0.15, 0.2) is 53.7 Å². The molecule has 0 aliphatic heterocycles. The lowest BCUT2D eigenvalue weighted by Crippen LogP contribution is -2.00. The second kappa shape index (κ2) is 4.75. The molecule has 1 nitrogen and oxygen atoms in total. The quantitative estimate of drug-likeness (QED) is 0.639. The van der Waals surface area contributed by atoms with Crippen LogP contribution in [0.5, 0.6) is 0 Å². The van der Waals surface area contributed by atoms with Crippen molar-refractivity contribution in [2.75, 3.05) is 0 Å². The molecule has 0 radical (unpaired) electrons. The van der Waals surface area contributed by atoms with Gasteiger partial charge in [-0.2, -0.15) is 0 Å². The molecule has 0 heterocycles. The van der Waals surface area contributed by atoms with Gasteiger partial charge in [-0.25, -0.2) is 0 Å². The SMILES string of the molecule is C=C(CC(C)C)N=C1C=CC=CC1=C. The minimum atomic E-state index is 0.600. The molecular formula is C13H17N. The van der Waals surface area contributed by atoms with E-state index in [9.17, 15) is 0 Å². The maximum atomic E-state index is 4.44. The van der Waals surface area contributed by atoms with Crippen molar-refractivity contribution in [1.82, 2.24) is 0 Å². The molecule has 0 amide bonds. The van der Waals surface area contributed by atoms with Gasteiger partial charge in [0.1, 0.15) is 0 Å². The molecular weight excluding hydrogens is 170 g/mol. The van der Waals surface area contributed by atoms with E-state index in [2.05, 4.69) is 32.0 Å². The van der Waals surface area contributed by atoms with Crippen molar-refractivity contribution in [3.8, 4) is 0 Å². The van der Waals surface area contributed by atoms with Gasteiger partial charge in [-0.05, 0) is 24.0 Å². The minimum absolute atomic E-state index is 0.600. The van der Waals surface area contributed by atoms with Crippen LogP contribution in [0.25, 0.3) is 0 Å². The Morgan fingerprint density at radius 1 is 1.36 bits per heavy atom. The first kappa shape index (κ1) is 10.7. The van der Waals surface area contributed by atoms with Crippen LogP contribution in [0.1, 0.15) is 20.3 Å². The van der Waals surface area contributed by atoms with Crippen LogP contribution in [-0.4, -0.2) is 5.71 Å². The van der Waals surface area contributed by atoms with E-state index in [0.29, 0.717) is 5.92 Å². The number of hydrogen-bond donors (Lipinski definition) is 0. The third-order valence-corrected chi connectivity index (χ3v) is 1.91. The number of hydrogen-bond acceptors (Lipinski definition) is 1. The summed E-state index contributed by atoms with van der Waals surface area (Å²) in [6.45, 7) is 12.2. The highest BCUT2D eigenvalue weighted by molar-refractivity contribution is 6.11. The van der Waals surface area contributed by atoms with Gasteiger partial charge in [0, 0.05) is 5.70 Å². The summed E-state index contributed by atoms with van der Waals surface area (Å²) >= 11 is 0. The van der Waals surface area contributed by atoms with E-state index < -0.39 is 0 Å². The van der Waals surface area contributed by atoms with E-state index >= 15 is 0 Å². The third-order valence-electron chi connectivity index (χ3n) is 1.91. The third kappa shape index (κ3) is 3.17. The first-order valence-electron chi connectivity index (χ1n) is 4.90. The summed E-state index contributed by atoms with van der Waals surface area (Å²) in [5, 5.41) is 0. The molecule has 0 saturated heterocycles. The lowest BCUT2D eigenvalue weighted by Gasteiger charge is -2.08. The Hall–Kier alpha value is -1.37. The van der Waals surface area contributed by atoms with E-state index in [-0.39, 0.29) is 0 Å². The van der Waals surface area contributed by atoms with Gasteiger partial charge < -0.3 is 0 Å². The first-order chi connectivity index (χ1) is 6.59. The lowest BCUT2D eigenvalue weighted by molar-refractivity contribution is 0.640. The lowest BCUT2D eigenvalue weighted by atomic mass is 10.1. The molecule has 0 fully saturated rings. The summed E-state index contributed by atoms with van der Waals surface area (Å²) in [5.41, 5.74) is 2.81. The zero-order valence-electron chi connectivity index (χ0n) is 8.96. The molecule has 0 spiro atoms. The van der Waals surface area contributed by atoms with Gasteiger partial charge in [0.25, 0.3) is 0 Å². The Morgan fingerprint density at radius 3 is 2.57 bits per heavy atom. The number of aliphatic imine (C=N–C) groups is 1. The van der Waals surface area contributed by atoms with Crippen LogP contribution in [0.3, 0.4) is 0 Å². The Balaban J connectivity index is 2.68. The monoisotopic (exact) mass is 187 g/mol. The first-order valence-corrected chi connectivity index (χ1v) is 4.90. The van der Waals surface area contributed by atoms with Gasteiger partial charge in [-0.1, -0.05) is 45.2 Å². The Morgan fingerprint density at radius 2 is 2.00 bits per heavy atom. The summed E-state index contributed by atoms with van der Waals surface area (Å²) in [4.78, 5) is 4.44. The van der Waals surface area contributed by atoms with Crippen LogP contribution in [0.2, 0.25) is 0 Å². The van der Waals surface area contributed by atoms with Crippen molar-refractivity contribution in [1.29, 1.82) is 0 Å². The predicted octanol–water partition coefficient (Wildman–Crippen LogP) is 3.67. The molecule has 1 rings (SSSR count). The summed E-state index contributed by atoms with van der Waals surface area (Å²) in [6.07, 6.45) is 8.80. The van der Waals surface area contributed by atoms with Crippen molar-refractivity contribution < 1.29 is 0 Å². The zero-order chi connectivity index (χ0) is 10.6. The van der Waals surface area contributed by atoms with E-state index in [1.165, 1.54) is 0 Å². The Bertz CT molecular complexity index is 327. The fourth-order valence-electron chi connectivity index (χ4n) is 1.31. The summed E-state index contributed by atoms with van der Waals surface area (Å²) < 4.78 is 0. The molecule has 14 heavy (non-hydrogen) atoms. The minimum Gasteiger partial charge on any atom is -0.253 e. The van der Waals surface area contributed by atoms with Gasteiger partial charge in [-0.3, -0.25) is 4.99 Å². The van der Waals surface area contributed by atoms with Gasteiger partial charge in [0.05, 0.1) is 5.71 Å². The maximum absolute atomic E-state index is 4.44.